The first-order chi connectivity index (χ1) is 7.15. The van der Waals surface area contributed by atoms with Crippen molar-refractivity contribution in [3.05, 3.63) is 35.1 Å². The summed E-state index contributed by atoms with van der Waals surface area (Å²) in [6.07, 6.45) is 0. The minimum Gasteiger partial charge on any atom is -0.377 e. The summed E-state index contributed by atoms with van der Waals surface area (Å²) in [5.41, 5.74) is 6.31. The Kier molecular flexibility index (Phi) is 3.94. The van der Waals surface area contributed by atoms with Gasteiger partial charge in [0.25, 0.3) is 0 Å². The molecule has 1 aromatic rings. The molecule has 0 unspecified atom stereocenters. The molecule has 1 aromatic carbocycles. The number of nitrogens with zero attached hydrogens (tertiary/aromatic N) is 2. The fourth-order valence-electron chi connectivity index (χ4n) is 0.993. The molecule has 0 bridgehead atoms. The fraction of sp³-hybridized carbons (Fsp3) is 0.111. The van der Waals surface area contributed by atoms with Gasteiger partial charge in [0.1, 0.15) is 5.82 Å². The highest BCUT2D eigenvalue weighted by molar-refractivity contribution is 8.13. The molecule has 0 saturated carbocycles. The Morgan fingerprint density at radius 2 is 2.27 bits per heavy atom. The number of thioether (sulfide) groups is 1. The average molecular weight is 224 g/mol. The molecule has 0 aliphatic heterocycles. The second-order valence-electron chi connectivity index (χ2n) is 2.72. The second kappa shape index (κ2) is 5.22. The van der Waals surface area contributed by atoms with E-state index in [4.69, 9.17) is 16.8 Å². The summed E-state index contributed by atoms with van der Waals surface area (Å²) in [7, 11) is 0. The standard InChI is InChI=1S/C9H9FN4S/c10-8-2-6(4-11)1-7(3-8)5-15-9(12)14-13/h1-3H,5,13H2,(H2,12,14). The maximum Gasteiger partial charge on any atom is 0.177 e. The van der Waals surface area contributed by atoms with E-state index in [0.717, 1.165) is 0 Å². The highest BCUT2D eigenvalue weighted by Gasteiger charge is 2.02. The third-order valence-electron chi connectivity index (χ3n) is 1.60. The van der Waals surface area contributed by atoms with Crippen LogP contribution in [0.25, 0.3) is 0 Å². The van der Waals surface area contributed by atoms with E-state index in [2.05, 4.69) is 5.10 Å². The van der Waals surface area contributed by atoms with Crippen molar-refractivity contribution in [1.29, 1.82) is 5.26 Å². The van der Waals surface area contributed by atoms with Gasteiger partial charge in [0.2, 0.25) is 0 Å². The van der Waals surface area contributed by atoms with Crippen LogP contribution in [0.5, 0.6) is 0 Å². The van der Waals surface area contributed by atoms with Crippen molar-refractivity contribution in [2.24, 2.45) is 16.7 Å². The smallest absolute Gasteiger partial charge is 0.177 e. The van der Waals surface area contributed by atoms with Crippen molar-refractivity contribution in [3.63, 3.8) is 0 Å². The van der Waals surface area contributed by atoms with E-state index in [0.29, 0.717) is 11.3 Å². The lowest BCUT2D eigenvalue weighted by Crippen LogP contribution is -2.09. The molecule has 0 aromatic heterocycles. The van der Waals surface area contributed by atoms with Crippen molar-refractivity contribution in [2.45, 2.75) is 5.75 Å². The quantitative estimate of drug-likeness (QED) is 0.341. The van der Waals surface area contributed by atoms with Crippen molar-refractivity contribution < 1.29 is 4.39 Å². The lowest BCUT2D eigenvalue weighted by molar-refractivity contribution is 0.626. The predicted molar refractivity (Wildman–Crippen MR) is 58.2 cm³/mol. The molecule has 0 spiro atoms. The summed E-state index contributed by atoms with van der Waals surface area (Å²) >= 11 is 1.18. The fourth-order valence-corrected chi connectivity index (χ4v) is 1.55. The SMILES string of the molecule is N#Cc1cc(F)cc(CS/C(N)=N\N)c1. The minimum atomic E-state index is -0.437. The van der Waals surface area contributed by atoms with Gasteiger partial charge < -0.3 is 11.6 Å². The van der Waals surface area contributed by atoms with E-state index >= 15 is 0 Å². The van der Waals surface area contributed by atoms with Gasteiger partial charge in [-0.3, -0.25) is 0 Å². The first kappa shape index (κ1) is 11.3. The van der Waals surface area contributed by atoms with Crippen molar-refractivity contribution in [2.75, 3.05) is 0 Å². The zero-order valence-electron chi connectivity index (χ0n) is 7.77. The van der Waals surface area contributed by atoms with Crippen LogP contribution in [0.2, 0.25) is 0 Å². The molecule has 1 rings (SSSR count). The van der Waals surface area contributed by atoms with Crippen molar-refractivity contribution in [1.82, 2.24) is 0 Å². The molecule has 0 atom stereocenters. The number of hydrogen-bond acceptors (Lipinski definition) is 4. The summed E-state index contributed by atoms with van der Waals surface area (Å²) in [6.45, 7) is 0. The number of nitrogens with two attached hydrogens (primary N) is 2. The molecule has 78 valence electrons. The van der Waals surface area contributed by atoms with Crippen LogP contribution >= 0.6 is 11.8 Å². The van der Waals surface area contributed by atoms with Crippen LogP contribution in [0.15, 0.2) is 23.3 Å². The normalized spacial score (nSPS) is 11.1. The number of nitriles is 1. The second-order valence-corrected chi connectivity index (χ2v) is 3.71. The predicted octanol–water partition coefficient (Wildman–Crippen LogP) is 1.12. The summed E-state index contributed by atoms with van der Waals surface area (Å²) in [5.74, 6) is 4.93. The molecular weight excluding hydrogens is 215 g/mol. The highest BCUT2D eigenvalue weighted by Crippen LogP contribution is 2.15. The first-order valence-corrected chi connectivity index (χ1v) is 5.00. The Morgan fingerprint density at radius 3 is 2.87 bits per heavy atom. The van der Waals surface area contributed by atoms with E-state index in [1.807, 2.05) is 6.07 Å². The lowest BCUT2D eigenvalue weighted by Gasteiger charge is -2.01. The minimum absolute atomic E-state index is 0.220. The van der Waals surface area contributed by atoms with Crippen LogP contribution in [-0.4, -0.2) is 5.17 Å². The third kappa shape index (κ3) is 3.48. The van der Waals surface area contributed by atoms with Gasteiger partial charge in [-0.05, 0) is 23.8 Å². The van der Waals surface area contributed by atoms with Crippen LogP contribution in [0.3, 0.4) is 0 Å². The topological polar surface area (TPSA) is 88.2 Å². The van der Waals surface area contributed by atoms with Crippen molar-refractivity contribution in [3.8, 4) is 6.07 Å². The molecule has 0 radical (unpaired) electrons. The van der Waals surface area contributed by atoms with Crippen molar-refractivity contribution >= 4 is 16.9 Å². The Hall–Kier alpha value is -1.74. The van der Waals surface area contributed by atoms with Crippen LogP contribution in [0.1, 0.15) is 11.1 Å². The number of benzene rings is 1. The molecule has 6 heteroatoms. The molecular formula is C9H9FN4S. The number of amidine groups is 1. The maximum atomic E-state index is 13.0. The summed E-state index contributed by atoms with van der Waals surface area (Å²) in [5, 5.41) is 12.1. The zero-order valence-corrected chi connectivity index (χ0v) is 8.59. The van der Waals surface area contributed by atoms with Gasteiger partial charge in [-0.2, -0.15) is 10.4 Å². The van der Waals surface area contributed by atoms with Crippen LogP contribution in [-0.2, 0) is 5.75 Å². The van der Waals surface area contributed by atoms with Gasteiger partial charge in [-0.25, -0.2) is 4.39 Å². The Balaban J connectivity index is 2.78. The van der Waals surface area contributed by atoms with E-state index < -0.39 is 5.82 Å². The zero-order chi connectivity index (χ0) is 11.3. The first-order valence-electron chi connectivity index (χ1n) is 4.01. The molecule has 0 fully saturated rings. The van der Waals surface area contributed by atoms with Gasteiger partial charge in [0, 0.05) is 5.75 Å². The molecule has 0 aliphatic rings. The lowest BCUT2D eigenvalue weighted by atomic mass is 10.1. The molecule has 0 saturated heterocycles. The number of hydrazone groups is 1. The van der Waals surface area contributed by atoms with Gasteiger partial charge in [-0.15, -0.1) is 0 Å². The van der Waals surface area contributed by atoms with Gasteiger partial charge in [-0.1, -0.05) is 11.8 Å². The van der Waals surface area contributed by atoms with Crippen LogP contribution in [0, 0.1) is 17.1 Å². The number of rotatable bonds is 2. The molecule has 0 heterocycles. The molecule has 0 amide bonds. The number of hydrogen-bond donors (Lipinski definition) is 2. The molecule has 4 N–H and O–H groups in total. The molecule has 4 nitrogen and oxygen atoms in total. The molecule has 0 aliphatic carbocycles. The van der Waals surface area contributed by atoms with E-state index in [-0.39, 0.29) is 10.7 Å². The van der Waals surface area contributed by atoms with E-state index in [1.165, 1.54) is 23.9 Å². The van der Waals surface area contributed by atoms with Gasteiger partial charge in [0.05, 0.1) is 11.6 Å². The monoisotopic (exact) mass is 224 g/mol. The van der Waals surface area contributed by atoms with Gasteiger partial charge in [0.15, 0.2) is 5.17 Å². The average Bonchev–Trinajstić information content (AvgIpc) is 2.25. The van der Waals surface area contributed by atoms with E-state index in [1.54, 1.807) is 6.07 Å². The van der Waals surface area contributed by atoms with Crippen LogP contribution in [0.4, 0.5) is 4.39 Å². The van der Waals surface area contributed by atoms with Crippen LogP contribution < -0.4 is 11.6 Å². The summed E-state index contributed by atoms with van der Waals surface area (Å²) < 4.78 is 13.0. The Morgan fingerprint density at radius 1 is 1.53 bits per heavy atom. The Bertz CT molecular complexity index is 425. The summed E-state index contributed by atoms with van der Waals surface area (Å²) in [4.78, 5) is 0. The van der Waals surface area contributed by atoms with Gasteiger partial charge >= 0.3 is 0 Å². The third-order valence-corrected chi connectivity index (χ3v) is 2.48. The largest absolute Gasteiger partial charge is 0.377 e. The number of halogens is 1. The van der Waals surface area contributed by atoms with E-state index in [9.17, 15) is 4.39 Å². The highest BCUT2D eigenvalue weighted by atomic mass is 32.2. The Labute approximate surface area is 90.8 Å². The maximum absolute atomic E-state index is 13.0. The molecule has 15 heavy (non-hydrogen) atoms. The summed E-state index contributed by atoms with van der Waals surface area (Å²) in [6, 6.07) is 5.99.